The molecule has 34 heavy (non-hydrogen) atoms. The van der Waals surface area contributed by atoms with Crippen molar-refractivity contribution < 1.29 is 18.7 Å². The third kappa shape index (κ3) is 4.56. The number of hydrogen-bond acceptors (Lipinski definition) is 4. The van der Waals surface area contributed by atoms with Gasteiger partial charge in [0.05, 0.1) is 6.54 Å². The number of aromatic amines is 1. The number of benzene rings is 3. The van der Waals surface area contributed by atoms with Gasteiger partial charge >= 0.3 is 6.03 Å². The maximum absolute atomic E-state index is 13.3. The lowest BCUT2D eigenvalue weighted by atomic mass is 10.1. The first-order chi connectivity index (χ1) is 16.4. The van der Waals surface area contributed by atoms with Crippen molar-refractivity contribution in [2.45, 2.75) is 20.0 Å². The summed E-state index contributed by atoms with van der Waals surface area (Å²) in [7, 11) is 0. The molecule has 7 nitrogen and oxygen atoms in total. The van der Waals surface area contributed by atoms with Crippen molar-refractivity contribution in [3.8, 4) is 11.5 Å². The van der Waals surface area contributed by atoms with Gasteiger partial charge in [0, 0.05) is 23.3 Å². The SMILES string of the molecule is Cc1ccc2cc(CN(Cc3ccc4c(c3)OCO4)C(=O)Nc3ccc(F)cc3)c(=O)[nH]c2c1. The van der Waals surface area contributed by atoms with Crippen LogP contribution < -0.4 is 20.3 Å². The first-order valence-corrected chi connectivity index (χ1v) is 10.8. The number of ether oxygens (including phenoxy) is 2. The van der Waals surface area contributed by atoms with Gasteiger partial charge in [-0.25, -0.2) is 9.18 Å². The zero-order valence-corrected chi connectivity index (χ0v) is 18.4. The molecule has 3 aromatic carbocycles. The van der Waals surface area contributed by atoms with Gasteiger partial charge in [0.2, 0.25) is 6.79 Å². The largest absolute Gasteiger partial charge is 0.454 e. The summed E-state index contributed by atoms with van der Waals surface area (Å²) in [6.07, 6.45) is 0. The summed E-state index contributed by atoms with van der Waals surface area (Å²) in [6, 6.07) is 18.1. The van der Waals surface area contributed by atoms with E-state index in [0.29, 0.717) is 22.7 Å². The van der Waals surface area contributed by atoms with Crippen molar-refractivity contribution in [1.82, 2.24) is 9.88 Å². The molecular weight excluding hydrogens is 437 g/mol. The van der Waals surface area contributed by atoms with Crippen LogP contribution >= 0.6 is 0 Å². The van der Waals surface area contributed by atoms with Crippen molar-refractivity contribution in [1.29, 1.82) is 0 Å². The molecule has 0 aliphatic carbocycles. The lowest BCUT2D eigenvalue weighted by Gasteiger charge is -2.23. The molecule has 2 amide bonds. The topological polar surface area (TPSA) is 83.7 Å². The van der Waals surface area contributed by atoms with Crippen LogP contribution in [0.4, 0.5) is 14.9 Å². The molecular formula is C26H22FN3O4. The van der Waals surface area contributed by atoms with E-state index in [1.807, 2.05) is 37.3 Å². The van der Waals surface area contributed by atoms with Crippen LogP contribution in [0.5, 0.6) is 11.5 Å². The molecule has 172 valence electrons. The van der Waals surface area contributed by atoms with Gasteiger partial charge in [-0.2, -0.15) is 0 Å². The molecule has 2 heterocycles. The third-order valence-corrected chi connectivity index (χ3v) is 5.63. The molecule has 0 spiro atoms. The molecule has 0 saturated carbocycles. The van der Waals surface area contributed by atoms with Gasteiger partial charge < -0.3 is 24.7 Å². The summed E-state index contributed by atoms with van der Waals surface area (Å²) in [6.45, 7) is 2.40. The molecule has 5 rings (SSSR count). The number of anilines is 1. The second kappa shape index (κ2) is 8.90. The summed E-state index contributed by atoms with van der Waals surface area (Å²) in [5.41, 5.74) is 3.23. The first-order valence-electron chi connectivity index (χ1n) is 10.8. The molecule has 1 aliphatic heterocycles. The van der Waals surface area contributed by atoms with E-state index in [4.69, 9.17) is 9.47 Å². The van der Waals surface area contributed by atoms with E-state index in [0.717, 1.165) is 22.0 Å². The van der Waals surface area contributed by atoms with E-state index >= 15 is 0 Å². The van der Waals surface area contributed by atoms with E-state index < -0.39 is 11.8 Å². The number of fused-ring (bicyclic) bond motifs is 2. The van der Waals surface area contributed by atoms with Crippen molar-refractivity contribution >= 4 is 22.6 Å². The van der Waals surface area contributed by atoms with Crippen LogP contribution in [0.2, 0.25) is 0 Å². The Morgan fingerprint density at radius 1 is 1.00 bits per heavy atom. The molecule has 0 bridgehead atoms. The fraction of sp³-hybridized carbons (Fsp3) is 0.154. The average Bonchev–Trinajstić information content (AvgIpc) is 3.28. The van der Waals surface area contributed by atoms with Crippen LogP contribution in [-0.2, 0) is 13.1 Å². The second-order valence-corrected chi connectivity index (χ2v) is 8.20. The van der Waals surface area contributed by atoms with E-state index in [-0.39, 0.29) is 25.4 Å². The normalized spacial score (nSPS) is 12.1. The van der Waals surface area contributed by atoms with Crippen molar-refractivity contribution in [3.63, 3.8) is 0 Å². The minimum Gasteiger partial charge on any atom is -0.454 e. The molecule has 4 aromatic rings. The van der Waals surface area contributed by atoms with Gasteiger partial charge in [0.15, 0.2) is 11.5 Å². The summed E-state index contributed by atoms with van der Waals surface area (Å²) < 4.78 is 24.1. The predicted molar refractivity (Wildman–Crippen MR) is 127 cm³/mol. The van der Waals surface area contributed by atoms with Gasteiger partial charge in [-0.05, 0) is 72.0 Å². The van der Waals surface area contributed by atoms with E-state index in [1.54, 1.807) is 12.1 Å². The number of nitrogens with zero attached hydrogens (tertiary/aromatic N) is 1. The Kier molecular flexibility index (Phi) is 5.63. The van der Waals surface area contributed by atoms with Crippen molar-refractivity contribution in [3.05, 3.63) is 99.6 Å². The Morgan fingerprint density at radius 2 is 1.79 bits per heavy atom. The number of H-pyrrole nitrogens is 1. The van der Waals surface area contributed by atoms with Gasteiger partial charge in [0.1, 0.15) is 5.82 Å². The Hall–Kier alpha value is -4.33. The molecule has 2 N–H and O–H groups in total. The predicted octanol–water partition coefficient (Wildman–Crippen LogP) is 4.94. The molecule has 0 unspecified atom stereocenters. The number of halogens is 1. The number of pyridine rings is 1. The number of amides is 2. The van der Waals surface area contributed by atoms with Gasteiger partial charge in [-0.15, -0.1) is 0 Å². The van der Waals surface area contributed by atoms with Gasteiger partial charge in [0.25, 0.3) is 5.56 Å². The minimum absolute atomic E-state index is 0.0701. The number of carbonyl (C=O) groups is 1. The first kappa shape index (κ1) is 21.5. The van der Waals surface area contributed by atoms with Gasteiger partial charge in [-0.1, -0.05) is 18.2 Å². The van der Waals surface area contributed by atoms with Gasteiger partial charge in [-0.3, -0.25) is 4.79 Å². The Morgan fingerprint density at radius 3 is 2.62 bits per heavy atom. The summed E-state index contributed by atoms with van der Waals surface area (Å²) in [5, 5.41) is 3.66. The number of rotatable bonds is 5. The van der Waals surface area contributed by atoms with Crippen LogP contribution in [0.3, 0.4) is 0 Å². The average molecular weight is 459 g/mol. The maximum atomic E-state index is 13.3. The number of urea groups is 1. The highest BCUT2D eigenvalue weighted by molar-refractivity contribution is 5.89. The summed E-state index contributed by atoms with van der Waals surface area (Å²) in [4.78, 5) is 30.4. The second-order valence-electron chi connectivity index (χ2n) is 8.20. The quantitative estimate of drug-likeness (QED) is 0.443. The molecule has 0 radical (unpaired) electrons. The monoisotopic (exact) mass is 459 g/mol. The fourth-order valence-electron chi connectivity index (χ4n) is 3.88. The minimum atomic E-state index is -0.423. The van der Waals surface area contributed by atoms with E-state index in [9.17, 15) is 14.0 Å². The number of aryl methyl sites for hydroxylation is 1. The molecule has 8 heteroatoms. The fourth-order valence-corrected chi connectivity index (χ4v) is 3.88. The Labute approximate surface area is 194 Å². The molecule has 1 aliphatic rings. The summed E-state index contributed by atoms with van der Waals surface area (Å²) >= 11 is 0. The Bertz CT molecular complexity index is 1430. The van der Waals surface area contributed by atoms with Crippen LogP contribution in [0, 0.1) is 12.7 Å². The van der Waals surface area contributed by atoms with E-state index in [2.05, 4.69) is 10.3 Å². The van der Waals surface area contributed by atoms with Crippen LogP contribution in [0.15, 0.2) is 71.5 Å². The smallest absolute Gasteiger partial charge is 0.322 e. The van der Waals surface area contributed by atoms with E-state index in [1.165, 1.54) is 29.2 Å². The molecule has 0 saturated heterocycles. The lowest BCUT2D eigenvalue weighted by molar-refractivity contribution is 0.174. The highest BCUT2D eigenvalue weighted by atomic mass is 19.1. The highest BCUT2D eigenvalue weighted by Crippen LogP contribution is 2.33. The number of aromatic nitrogens is 1. The standard InChI is InChI=1S/C26H22FN3O4/c1-16-2-4-18-12-19(25(31)29-22(18)10-16)14-30(26(32)28-21-7-5-20(27)6-8-21)13-17-3-9-23-24(11-17)34-15-33-23/h2-12H,13-15H2,1H3,(H,28,32)(H,29,31). The van der Waals surface area contributed by atoms with Crippen molar-refractivity contribution in [2.75, 3.05) is 12.1 Å². The molecule has 0 fully saturated rings. The van der Waals surface area contributed by atoms with Crippen LogP contribution in [-0.4, -0.2) is 22.7 Å². The number of nitrogens with one attached hydrogen (secondary N) is 2. The lowest BCUT2D eigenvalue weighted by Crippen LogP contribution is -2.35. The highest BCUT2D eigenvalue weighted by Gasteiger charge is 2.20. The summed E-state index contributed by atoms with van der Waals surface area (Å²) in [5.74, 6) is 0.857. The number of hydrogen-bond donors (Lipinski definition) is 2. The van der Waals surface area contributed by atoms with Crippen LogP contribution in [0.1, 0.15) is 16.7 Å². The molecule has 1 aromatic heterocycles. The van der Waals surface area contributed by atoms with Crippen LogP contribution in [0.25, 0.3) is 10.9 Å². The zero-order chi connectivity index (χ0) is 23.7. The molecule has 0 atom stereocenters. The Balaban J connectivity index is 1.45. The van der Waals surface area contributed by atoms with Crippen molar-refractivity contribution in [2.24, 2.45) is 0 Å². The third-order valence-electron chi connectivity index (χ3n) is 5.63. The maximum Gasteiger partial charge on any atom is 0.322 e. The number of carbonyl (C=O) groups excluding carboxylic acids is 1. The zero-order valence-electron chi connectivity index (χ0n) is 18.4.